The van der Waals surface area contributed by atoms with E-state index in [1.165, 1.54) is 0 Å². The van der Waals surface area contributed by atoms with E-state index in [-0.39, 0.29) is 13.2 Å². The number of hydrogen-bond donors (Lipinski definition) is 3. The fourth-order valence-electron chi connectivity index (χ4n) is 2.60. The van der Waals surface area contributed by atoms with Crippen LogP contribution in [0.15, 0.2) is 78.9 Å². The lowest BCUT2D eigenvalue weighted by Crippen LogP contribution is -2.37. The normalized spacial score (nSPS) is 10.0. The van der Waals surface area contributed by atoms with Gasteiger partial charge in [0.25, 0.3) is 0 Å². The van der Waals surface area contributed by atoms with Gasteiger partial charge < -0.3 is 25.4 Å². The van der Waals surface area contributed by atoms with Crippen LogP contribution in [0.3, 0.4) is 0 Å². The Morgan fingerprint density at radius 3 is 2.00 bits per heavy atom. The molecule has 0 aromatic heterocycles. The van der Waals surface area contributed by atoms with Crippen LogP contribution in [-0.4, -0.2) is 32.1 Å². The predicted molar refractivity (Wildman–Crippen MR) is 116 cm³/mol. The van der Waals surface area contributed by atoms with Gasteiger partial charge in [0.1, 0.15) is 18.1 Å². The number of carbonyl (C=O) groups is 2. The van der Waals surface area contributed by atoms with Gasteiger partial charge in [0.15, 0.2) is 0 Å². The maximum absolute atomic E-state index is 12.0. The minimum Gasteiger partial charge on any atom is -0.497 e. The van der Waals surface area contributed by atoms with E-state index in [9.17, 15) is 9.59 Å². The summed E-state index contributed by atoms with van der Waals surface area (Å²) in [6, 6.07) is 23.9. The van der Waals surface area contributed by atoms with Gasteiger partial charge in [-0.1, -0.05) is 18.2 Å². The molecule has 0 heterocycles. The summed E-state index contributed by atoms with van der Waals surface area (Å²) in [4.78, 5) is 24.0. The second kappa shape index (κ2) is 10.5. The Labute approximate surface area is 175 Å². The van der Waals surface area contributed by atoms with Crippen LogP contribution >= 0.6 is 0 Å². The monoisotopic (exact) mass is 405 g/mol. The number of carbonyl (C=O) groups excluding carboxylic acids is 2. The van der Waals surface area contributed by atoms with Crippen LogP contribution in [0.25, 0.3) is 0 Å². The molecule has 154 valence electrons. The summed E-state index contributed by atoms with van der Waals surface area (Å²) in [5, 5.41) is 8.35. The summed E-state index contributed by atoms with van der Waals surface area (Å²) in [5.41, 5.74) is 2.37. The third-order valence-corrected chi connectivity index (χ3v) is 4.13. The Kier molecular flexibility index (Phi) is 7.27. The highest BCUT2D eigenvalue weighted by Gasteiger charge is 2.13. The summed E-state index contributed by atoms with van der Waals surface area (Å²) in [6.45, 7) is 0.448. The number of anilines is 3. The lowest BCUT2D eigenvalue weighted by molar-refractivity contribution is -0.136. The molecular formula is C23H23N3O4. The number of benzene rings is 3. The summed E-state index contributed by atoms with van der Waals surface area (Å²) < 4.78 is 10.6. The van der Waals surface area contributed by atoms with Crippen molar-refractivity contribution in [3.05, 3.63) is 78.9 Å². The smallest absolute Gasteiger partial charge is 0.313 e. The van der Waals surface area contributed by atoms with Crippen LogP contribution in [0.2, 0.25) is 0 Å². The van der Waals surface area contributed by atoms with Crippen molar-refractivity contribution in [1.82, 2.24) is 5.32 Å². The van der Waals surface area contributed by atoms with E-state index in [0.717, 1.165) is 17.1 Å². The van der Waals surface area contributed by atoms with E-state index in [4.69, 9.17) is 9.47 Å². The van der Waals surface area contributed by atoms with Crippen molar-refractivity contribution in [3.63, 3.8) is 0 Å². The molecule has 0 bridgehead atoms. The van der Waals surface area contributed by atoms with E-state index >= 15 is 0 Å². The minimum absolute atomic E-state index is 0.207. The molecule has 0 aliphatic carbocycles. The van der Waals surface area contributed by atoms with Crippen molar-refractivity contribution in [3.8, 4) is 11.5 Å². The first-order valence-corrected chi connectivity index (χ1v) is 9.42. The SMILES string of the molecule is COc1ccc(OCCNC(=O)C(=O)Nc2ccc(Nc3ccccc3)cc2)cc1. The highest BCUT2D eigenvalue weighted by molar-refractivity contribution is 6.39. The van der Waals surface area contributed by atoms with Crippen molar-refractivity contribution in [1.29, 1.82) is 0 Å². The standard InChI is InChI=1S/C23H23N3O4/c1-29-20-11-13-21(14-12-20)30-16-15-24-22(27)23(28)26-19-9-7-18(8-10-19)25-17-5-3-2-4-6-17/h2-14,25H,15-16H2,1H3,(H,24,27)(H,26,28). The number of methoxy groups -OCH3 is 1. The van der Waals surface area contributed by atoms with Crippen molar-refractivity contribution < 1.29 is 19.1 Å². The van der Waals surface area contributed by atoms with Gasteiger partial charge in [-0.15, -0.1) is 0 Å². The molecule has 30 heavy (non-hydrogen) atoms. The van der Waals surface area contributed by atoms with Gasteiger partial charge >= 0.3 is 11.8 Å². The fraction of sp³-hybridized carbons (Fsp3) is 0.130. The van der Waals surface area contributed by atoms with Gasteiger partial charge in [-0.05, 0) is 60.7 Å². The fourth-order valence-corrected chi connectivity index (χ4v) is 2.60. The average Bonchev–Trinajstić information content (AvgIpc) is 2.79. The van der Waals surface area contributed by atoms with Crippen LogP contribution in [0, 0.1) is 0 Å². The summed E-state index contributed by atoms with van der Waals surface area (Å²) in [7, 11) is 1.59. The van der Waals surface area contributed by atoms with Crippen LogP contribution in [0.4, 0.5) is 17.1 Å². The molecule has 0 fully saturated rings. The molecule has 2 amide bonds. The molecule has 0 aliphatic rings. The molecule has 0 atom stereocenters. The number of hydrogen-bond acceptors (Lipinski definition) is 5. The third-order valence-electron chi connectivity index (χ3n) is 4.13. The zero-order chi connectivity index (χ0) is 21.2. The molecule has 0 saturated heterocycles. The average molecular weight is 405 g/mol. The Morgan fingerprint density at radius 1 is 0.733 bits per heavy atom. The van der Waals surface area contributed by atoms with Crippen molar-refractivity contribution >= 4 is 28.9 Å². The van der Waals surface area contributed by atoms with Crippen LogP contribution in [-0.2, 0) is 9.59 Å². The summed E-state index contributed by atoms with van der Waals surface area (Å²) in [5.74, 6) is -0.0714. The van der Waals surface area contributed by atoms with Crippen molar-refractivity contribution in [2.75, 3.05) is 30.9 Å². The highest BCUT2D eigenvalue weighted by atomic mass is 16.5. The van der Waals surface area contributed by atoms with E-state index in [2.05, 4.69) is 16.0 Å². The van der Waals surface area contributed by atoms with Crippen LogP contribution in [0.1, 0.15) is 0 Å². The first-order chi connectivity index (χ1) is 14.6. The molecular weight excluding hydrogens is 382 g/mol. The second-order valence-corrected chi connectivity index (χ2v) is 6.30. The second-order valence-electron chi connectivity index (χ2n) is 6.30. The highest BCUT2D eigenvalue weighted by Crippen LogP contribution is 2.19. The molecule has 0 saturated carbocycles. The molecule has 0 radical (unpaired) electrons. The molecule has 0 unspecified atom stereocenters. The largest absolute Gasteiger partial charge is 0.497 e. The zero-order valence-corrected chi connectivity index (χ0v) is 16.6. The lowest BCUT2D eigenvalue weighted by atomic mass is 10.2. The molecule has 3 aromatic rings. The van der Waals surface area contributed by atoms with Gasteiger partial charge in [-0.3, -0.25) is 9.59 Å². The number of para-hydroxylation sites is 1. The summed E-state index contributed by atoms with van der Waals surface area (Å²) >= 11 is 0. The van der Waals surface area contributed by atoms with Gasteiger partial charge in [0.2, 0.25) is 0 Å². The van der Waals surface area contributed by atoms with E-state index < -0.39 is 11.8 Å². The Balaban J connectivity index is 1.39. The third kappa shape index (κ3) is 6.27. The van der Waals surface area contributed by atoms with E-state index in [1.807, 2.05) is 42.5 Å². The topological polar surface area (TPSA) is 88.7 Å². The number of nitrogens with one attached hydrogen (secondary N) is 3. The minimum atomic E-state index is -0.733. The zero-order valence-electron chi connectivity index (χ0n) is 16.6. The maximum Gasteiger partial charge on any atom is 0.313 e. The van der Waals surface area contributed by atoms with Crippen molar-refractivity contribution in [2.24, 2.45) is 0 Å². The Hall–Kier alpha value is -4.00. The number of ether oxygens (including phenoxy) is 2. The first-order valence-electron chi connectivity index (χ1n) is 9.42. The van der Waals surface area contributed by atoms with E-state index in [1.54, 1.807) is 43.5 Å². The predicted octanol–water partition coefficient (Wildman–Crippen LogP) is 3.57. The first kappa shape index (κ1) is 20.7. The van der Waals surface area contributed by atoms with Gasteiger partial charge in [0, 0.05) is 17.1 Å². The molecule has 3 N–H and O–H groups in total. The van der Waals surface area contributed by atoms with Gasteiger partial charge in [-0.2, -0.15) is 0 Å². The Morgan fingerprint density at radius 2 is 1.33 bits per heavy atom. The molecule has 3 rings (SSSR count). The van der Waals surface area contributed by atoms with Crippen molar-refractivity contribution in [2.45, 2.75) is 0 Å². The quantitative estimate of drug-likeness (QED) is 0.394. The molecule has 0 spiro atoms. The molecule has 7 heteroatoms. The van der Waals surface area contributed by atoms with Crippen LogP contribution in [0.5, 0.6) is 11.5 Å². The van der Waals surface area contributed by atoms with Crippen LogP contribution < -0.4 is 25.4 Å². The maximum atomic E-state index is 12.0. The van der Waals surface area contributed by atoms with E-state index in [0.29, 0.717) is 11.4 Å². The lowest BCUT2D eigenvalue weighted by Gasteiger charge is -2.10. The number of rotatable bonds is 8. The molecule has 3 aromatic carbocycles. The Bertz CT molecular complexity index is 958. The van der Waals surface area contributed by atoms with Gasteiger partial charge in [-0.25, -0.2) is 0 Å². The molecule has 7 nitrogen and oxygen atoms in total. The summed E-state index contributed by atoms with van der Waals surface area (Å²) in [6.07, 6.45) is 0. The molecule has 0 aliphatic heterocycles. The number of amides is 2. The van der Waals surface area contributed by atoms with Gasteiger partial charge in [0.05, 0.1) is 13.7 Å².